The van der Waals surface area contributed by atoms with E-state index in [-0.39, 0.29) is 15.8 Å². The molecule has 0 bridgehead atoms. The minimum atomic E-state index is -4.58. The summed E-state index contributed by atoms with van der Waals surface area (Å²) < 4.78 is 60.9. The van der Waals surface area contributed by atoms with E-state index in [0.29, 0.717) is 6.07 Å². The van der Waals surface area contributed by atoms with Crippen LogP contribution >= 0.6 is 0 Å². The molecule has 1 heterocycles. The molecular formula is C10H8F3NO2S. The maximum absolute atomic E-state index is 12.8. The highest BCUT2D eigenvalue weighted by atomic mass is 32.2. The maximum atomic E-state index is 12.8. The molecule has 0 aliphatic carbocycles. The van der Waals surface area contributed by atoms with Crippen LogP contribution in [0.3, 0.4) is 0 Å². The summed E-state index contributed by atoms with van der Waals surface area (Å²) in [6.45, 7) is 0. The van der Waals surface area contributed by atoms with Crippen LogP contribution in [0.25, 0.3) is 10.9 Å². The van der Waals surface area contributed by atoms with Gasteiger partial charge in [0.25, 0.3) is 0 Å². The lowest BCUT2D eigenvalue weighted by atomic mass is 10.1. The van der Waals surface area contributed by atoms with Crippen LogP contribution in [-0.4, -0.2) is 19.7 Å². The van der Waals surface area contributed by atoms with Crippen LogP contribution in [0.4, 0.5) is 13.2 Å². The predicted molar refractivity (Wildman–Crippen MR) is 56.4 cm³/mol. The zero-order valence-electron chi connectivity index (χ0n) is 8.67. The van der Waals surface area contributed by atoms with Crippen LogP contribution in [0.2, 0.25) is 0 Å². The number of halogens is 3. The minimum Gasteiger partial charge on any atom is -0.361 e. The molecule has 0 radical (unpaired) electrons. The van der Waals surface area contributed by atoms with Gasteiger partial charge in [-0.1, -0.05) is 0 Å². The van der Waals surface area contributed by atoms with E-state index in [1.807, 2.05) is 0 Å². The lowest BCUT2D eigenvalue weighted by Crippen LogP contribution is -2.08. The summed E-state index contributed by atoms with van der Waals surface area (Å²) in [6, 6.07) is 3.12. The number of benzene rings is 1. The lowest BCUT2D eigenvalue weighted by Gasteiger charge is -2.10. The predicted octanol–water partition coefficient (Wildman–Crippen LogP) is 2.59. The van der Waals surface area contributed by atoms with Gasteiger partial charge in [0.2, 0.25) is 0 Å². The fourth-order valence-corrected chi connectivity index (χ4v) is 2.25. The van der Waals surface area contributed by atoms with Gasteiger partial charge in [0.05, 0.1) is 10.5 Å². The van der Waals surface area contributed by atoms with Crippen LogP contribution in [0.15, 0.2) is 29.3 Å². The number of aromatic amines is 1. The summed E-state index contributed by atoms with van der Waals surface area (Å²) in [5.74, 6) is 0. The van der Waals surface area contributed by atoms with E-state index in [2.05, 4.69) is 4.98 Å². The van der Waals surface area contributed by atoms with Crippen LogP contribution in [-0.2, 0) is 16.0 Å². The van der Waals surface area contributed by atoms with Crippen molar-refractivity contribution in [2.75, 3.05) is 6.26 Å². The second-order valence-corrected chi connectivity index (χ2v) is 5.70. The van der Waals surface area contributed by atoms with Gasteiger partial charge in [-0.2, -0.15) is 13.2 Å². The molecule has 0 unspecified atom stereocenters. The third-order valence-corrected chi connectivity index (χ3v) is 3.47. The molecule has 0 spiro atoms. The zero-order chi connectivity index (χ0) is 12.8. The number of alkyl halides is 3. The van der Waals surface area contributed by atoms with Crippen molar-refractivity contribution in [1.29, 1.82) is 0 Å². The van der Waals surface area contributed by atoms with Crippen molar-refractivity contribution in [2.24, 2.45) is 0 Å². The third-order valence-electron chi connectivity index (χ3n) is 2.38. The number of H-pyrrole nitrogens is 1. The Labute approximate surface area is 95.2 Å². The van der Waals surface area contributed by atoms with E-state index >= 15 is 0 Å². The smallest absolute Gasteiger partial charge is 0.361 e. The largest absolute Gasteiger partial charge is 0.417 e. The summed E-state index contributed by atoms with van der Waals surface area (Å²) in [7, 11) is -3.67. The highest BCUT2D eigenvalue weighted by molar-refractivity contribution is 7.90. The van der Waals surface area contributed by atoms with Gasteiger partial charge in [-0.3, -0.25) is 0 Å². The molecule has 0 atom stereocenters. The summed E-state index contributed by atoms with van der Waals surface area (Å²) in [5.41, 5.74) is -0.795. The van der Waals surface area contributed by atoms with Gasteiger partial charge in [0.15, 0.2) is 9.84 Å². The maximum Gasteiger partial charge on any atom is 0.417 e. The van der Waals surface area contributed by atoms with Crippen molar-refractivity contribution in [3.05, 3.63) is 30.0 Å². The van der Waals surface area contributed by atoms with E-state index in [9.17, 15) is 21.6 Å². The molecule has 17 heavy (non-hydrogen) atoms. The molecule has 0 aliphatic heterocycles. The van der Waals surface area contributed by atoms with Gasteiger partial charge in [-0.25, -0.2) is 8.42 Å². The van der Waals surface area contributed by atoms with Gasteiger partial charge in [0.1, 0.15) is 0 Å². The van der Waals surface area contributed by atoms with Crippen LogP contribution < -0.4 is 0 Å². The Morgan fingerprint density at radius 1 is 1.24 bits per heavy atom. The molecule has 92 valence electrons. The molecule has 0 saturated heterocycles. The molecule has 2 rings (SSSR count). The quantitative estimate of drug-likeness (QED) is 0.859. The highest BCUT2D eigenvalue weighted by Gasteiger charge is 2.34. The number of hydrogen-bond donors (Lipinski definition) is 1. The second kappa shape index (κ2) is 3.49. The van der Waals surface area contributed by atoms with Gasteiger partial charge in [-0.15, -0.1) is 0 Å². The van der Waals surface area contributed by atoms with E-state index in [0.717, 1.165) is 6.26 Å². The Kier molecular flexibility index (Phi) is 2.46. The number of sulfone groups is 1. The average Bonchev–Trinajstić information content (AvgIpc) is 2.59. The topological polar surface area (TPSA) is 49.9 Å². The normalized spacial score (nSPS) is 13.2. The Balaban J connectivity index is 2.86. The Morgan fingerprint density at radius 2 is 1.88 bits per heavy atom. The average molecular weight is 263 g/mol. The Hall–Kier alpha value is -1.50. The molecule has 0 fully saturated rings. The molecule has 0 amide bonds. The summed E-state index contributed by atoms with van der Waals surface area (Å²) >= 11 is 0. The van der Waals surface area contributed by atoms with Crippen LogP contribution in [0.5, 0.6) is 0 Å². The van der Waals surface area contributed by atoms with Gasteiger partial charge < -0.3 is 4.98 Å². The van der Waals surface area contributed by atoms with Crippen molar-refractivity contribution in [3.63, 3.8) is 0 Å². The van der Waals surface area contributed by atoms with Gasteiger partial charge >= 0.3 is 6.18 Å². The summed E-state index contributed by atoms with van der Waals surface area (Å²) in [5, 5.41) is -0.0371. The van der Waals surface area contributed by atoms with Crippen molar-refractivity contribution in [1.82, 2.24) is 4.98 Å². The molecule has 1 aromatic carbocycles. The van der Waals surface area contributed by atoms with Crippen molar-refractivity contribution < 1.29 is 21.6 Å². The summed E-state index contributed by atoms with van der Waals surface area (Å²) in [4.78, 5) is 2.23. The van der Waals surface area contributed by atoms with Crippen molar-refractivity contribution in [3.8, 4) is 0 Å². The fourth-order valence-electron chi connectivity index (χ4n) is 1.59. The number of rotatable bonds is 1. The number of nitrogens with one attached hydrogen (secondary N) is 1. The van der Waals surface area contributed by atoms with E-state index in [1.165, 1.54) is 18.3 Å². The first-order chi connectivity index (χ1) is 7.69. The van der Waals surface area contributed by atoms with E-state index < -0.39 is 21.6 Å². The standard InChI is InChI=1S/C10H8F3NO2S/c1-17(15,16)6-4-8(10(11,12)13)7-2-3-14-9(7)5-6/h2-5,14H,1H3. The van der Waals surface area contributed by atoms with Gasteiger partial charge in [-0.05, 0) is 18.2 Å². The summed E-state index contributed by atoms with van der Waals surface area (Å²) in [6.07, 6.45) is -2.37. The molecule has 0 aliphatic rings. The van der Waals surface area contributed by atoms with Crippen LogP contribution in [0.1, 0.15) is 5.56 Å². The molecule has 2 aromatic rings. The number of hydrogen-bond acceptors (Lipinski definition) is 2. The monoisotopic (exact) mass is 263 g/mol. The SMILES string of the molecule is CS(=O)(=O)c1cc(C(F)(F)F)c2cc[nH]c2c1. The van der Waals surface area contributed by atoms with Crippen molar-refractivity contribution >= 4 is 20.7 Å². The lowest BCUT2D eigenvalue weighted by molar-refractivity contribution is -0.136. The molecular weight excluding hydrogens is 255 g/mol. The number of fused-ring (bicyclic) bond motifs is 1. The van der Waals surface area contributed by atoms with Crippen LogP contribution in [0, 0.1) is 0 Å². The number of aromatic nitrogens is 1. The zero-order valence-corrected chi connectivity index (χ0v) is 9.48. The second-order valence-electron chi connectivity index (χ2n) is 3.68. The first-order valence-electron chi connectivity index (χ1n) is 4.58. The molecule has 7 heteroatoms. The molecule has 1 N–H and O–H groups in total. The van der Waals surface area contributed by atoms with Crippen molar-refractivity contribution in [2.45, 2.75) is 11.1 Å². The Morgan fingerprint density at radius 3 is 2.41 bits per heavy atom. The minimum absolute atomic E-state index is 0.0371. The Bertz CT molecular complexity index is 670. The fraction of sp³-hybridized carbons (Fsp3) is 0.200. The highest BCUT2D eigenvalue weighted by Crippen LogP contribution is 2.36. The van der Waals surface area contributed by atoms with Gasteiger partial charge in [0, 0.05) is 23.4 Å². The molecule has 0 saturated carbocycles. The van der Waals surface area contributed by atoms with E-state index in [1.54, 1.807) is 0 Å². The molecule has 1 aromatic heterocycles. The third kappa shape index (κ3) is 2.14. The first-order valence-corrected chi connectivity index (χ1v) is 6.47. The van der Waals surface area contributed by atoms with E-state index in [4.69, 9.17) is 0 Å². The first kappa shape index (κ1) is 12.0. The molecule has 3 nitrogen and oxygen atoms in total.